The molecule has 0 saturated carbocycles. The van der Waals surface area contributed by atoms with Crippen LogP contribution in [0.25, 0.3) is 0 Å². The summed E-state index contributed by atoms with van der Waals surface area (Å²) in [6.45, 7) is 3.04. The van der Waals surface area contributed by atoms with E-state index in [0.29, 0.717) is 18.0 Å². The van der Waals surface area contributed by atoms with Gasteiger partial charge in [-0.1, -0.05) is 25.1 Å². The molecule has 0 unspecified atom stereocenters. The molecule has 162 valence electrons. The van der Waals surface area contributed by atoms with E-state index in [2.05, 4.69) is 5.32 Å². The van der Waals surface area contributed by atoms with Gasteiger partial charge in [0.25, 0.3) is 10.0 Å². The Balaban J connectivity index is 1.57. The van der Waals surface area contributed by atoms with Crippen LogP contribution in [0.2, 0.25) is 0 Å². The van der Waals surface area contributed by atoms with Crippen molar-refractivity contribution in [2.75, 3.05) is 32.0 Å². The summed E-state index contributed by atoms with van der Waals surface area (Å²) < 4.78 is 27.0. The zero-order valence-corrected chi connectivity index (χ0v) is 18.9. The van der Waals surface area contributed by atoms with Crippen molar-refractivity contribution in [3.63, 3.8) is 0 Å². The fourth-order valence-corrected chi connectivity index (χ4v) is 6.39. The Morgan fingerprint density at radius 2 is 1.83 bits per heavy atom. The summed E-state index contributed by atoms with van der Waals surface area (Å²) >= 11 is 1.12. The number of rotatable bonds is 8. The molecule has 1 aliphatic rings. The Morgan fingerprint density at radius 1 is 1.13 bits per heavy atom. The first-order valence-corrected chi connectivity index (χ1v) is 12.3. The number of likely N-dealkylation sites (N-methyl/N-ethyl adjacent to an activating group) is 1. The molecule has 0 radical (unpaired) electrons. The summed E-state index contributed by atoms with van der Waals surface area (Å²) in [7, 11) is -1.90. The van der Waals surface area contributed by atoms with Crippen molar-refractivity contribution in [3.8, 4) is 0 Å². The van der Waals surface area contributed by atoms with Crippen molar-refractivity contribution in [2.24, 2.45) is 0 Å². The van der Waals surface area contributed by atoms with E-state index in [1.165, 1.54) is 9.21 Å². The maximum absolute atomic E-state index is 12.6. The number of para-hydroxylation sites is 1. The largest absolute Gasteiger partial charge is 0.336 e. The zero-order chi connectivity index (χ0) is 21.7. The minimum atomic E-state index is -3.47. The van der Waals surface area contributed by atoms with Crippen LogP contribution in [0.5, 0.6) is 0 Å². The Bertz CT molecular complexity index is 1010. The topological polar surface area (TPSA) is 86.8 Å². The van der Waals surface area contributed by atoms with Crippen LogP contribution >= 0.6 is 11.3 Å². The van der Waals surface area contributed by atoms with Crippen LogP contribution < -0.4 is 5.32 Å². The SMILES string of the molecule is CCc1ccccc1NC(=O)CN(C)C(=O)Cc1ccc(S(=O)(=O)N2CCCC2)s1. The quantitative estimate of drug-likeness (QED) is 0.671. The standard InChI is InChI=1S/C21H27N3O4S2/c1-3-16-8-4-5-9-18(16)22-19(25)15-23(2)20(26)14-17-10-11-21(29-17)30(27,28)24-12-6-7-13-24/h4-5,8-11H,3,6-7,12-15H2,1-2H3,(H,22,25). The van der Waals surface area contributed by atoms with Gasteiger partial charge in [-0.05, 0) is 43.0 Å². The van der Waals surface area contributed by atoms with Gasteiger partial charge in [0.05, 0.1) is 13.0 Å². The number of hydrogen-bond acceptors (Lipinski definition) is 5. The molecule has 0 atom stereocenters. The molecule has 7 nitrogen and oxygen atoms in total. The lowest BCUT2D eigenvalue weighted by Crippen LogP contribution is -2.35. The van der Waals surface area contributed by atoms with Gasteiger partial charge in [-0.25, -0.2) is 8.42 Å². The predicted octanol–water partition coefficient (Wildman–Crippen LogP) is 2.73. The summed E-state index contributed by atoms with van der Waals surface area (Å²) in [4.78, 5) is 26.9. The van der Waals surface area contributed by atoms with Gasteiger partial charge < -0.3 is 10.2 Å². The van der Waals surface area contributed by atoms with Crippen LogP contribution in [0, 0.1) is 0 Å². The fourth-order valence-electron chi connectivity index (χ4n) is 3.38. The number of benzene rings is 1. The smallest absolute Gasteiger partial charge is 0.252 e. The predicted molar refractivity (Wildman–Crippen MR) is 118 cm³/mol. The highest BCUT2D eigenvalue weighted by Crippen LogP contribution is 2.27. The summed E-state index contributed by atoms with van der Waals surface area (Å²) in [5, 5.41) is 2.85. The van der Waals surface area contributed by atoms with Crippen molar-refractivity contribution in [1.82, 2.24) is 9.21 Å². The molecule has 1 aromatic carbocycles. The second kappa shape index (κ2) is 9.72. The molecule has 30 heavy (non-hydrogen) atoms. The normalized spacial score (nSPS) is 14.6. The molecular formula is C21H27N3O4S2. The van der Waals surface area contributed by atoms with Crippen LogP contribution in [-0.4, -0.2) is 56.1 Å². The van der Waals surface area contributed by atoms with Crippen molar-refractivity contribution in [1.29, 1.82) is 0 Å². The van der Waals surface area contributed by atoms with Crippen LogP contribution in [0.4, 0.5) is 5.69 Å². The number of sulfonamides is 1. The molecule has 1 fully saturated rings. The van der Waals surface area contributed by atoms with Gasteiger partial charge in [0.15, 0.2) is 0 Å². The van der Waals surface area contributed by atoms with Crippen molar-refractivity contribution < 1.29 is 18.0 Å². The summed E-state index contributed by atoms with van der Waals surface area (Å²) in [5.74, 6) is -0.504. The molecule has 3 rings (SSSR count). The maximum atomic E-state index is 12.6. The minimum absolute atomic E-state index is 0.0650. The van der Waals surface area contributed by atoms with E-state index in [0.717, 1.165) is 41.9 Å². The number of nitrogens with one attached hydrogen (secondary N) is 1. The first kappa shape index (κ1) is 22.5. The number of thiophene rings is 1. The van der Waals surface area contributed by atoms with Crippen LogP contribution in [0.3, 0.4) is 0 Å². The molecule has 9 heteroatoms. The Kier molecular flexibility index (Phi) is 7.27. The third-order valence-corrected chi connectivity index (χ3v) is 8.55. The average molecular weight is 450 g/mol. The number of anilines is 1. The van der Waals surface area contributed by atoms with Crippen molar-refractivity contribution in [2.45, 2.75) is 36.8 Å². The monoisotopic (exact) mass is 449 g/mol. The Labute approximate surface area is 181 Å². The lowest BCUT2D eigenvalue weighted by Gasteiger charge is -2.17. The molecule has 1 aromatic heterocycles. The molecule has 1 N–H and O–H groups in total. The van der Waals surface area contributed by atoms with Gasteiger partial charge >= 0.3 is 0 Å². The average Bonchev–Trinajstić information content (AvgIpc) is 3.41. The number of hydrogen-bond donors (Lipinski definition) is 1. The second-order valence-electron chi connectivity index (χ2n) is 7.32. The van der Waals surface area contributed by atoms with Gasteiger partial charge in [0.2, 0.25) is 11.8 Å². The molecule has 0 bridgehead atoms. The zero-order valence-electron chi connectivity index (χ0n) is 17.3. The number of carbonyl (C=O) groups excluding carboxylic acids is 2. The molecule has 2 aromatic rings. The van der Waals surface area contributed by atoms with E-state index in [4.69, 9.17) is 0 Å². The number of amides is 2. The van der Waals surface area contributed by atoms with E-state index in [-0.39, 0.29) is 29.0 Å². The summed E-state index contributed by atoms with van der Waals surface area (Å²) in [5.41, 5.74) is 1.78. The number of nitrogens with zero attached hydrogens (tertiary/aromatic N) is 2. The van der Waals surface area contributed by atoms with E-state index in [1.54, 1.807) is 19.2 Å². The van der Waals surface area contributed by atoms with Crippen LogP contribution in [0.1, 0.15) is 30.2 Å². The molecule has 1 saturated heterocycles. The summed E-state index contributed by atoms with van der Waals surface area (Å²) in [6, 6.07) is 10.8. The van der Waals surface area contributed by atoms with Crippen LogP contribution in [0.15, 0.2) is 40.6 Å². The molecule has 2 amide bonds. The summed E-state index contributed by atoms with van der Waals surface area (Å²) in [6.07, 6.45) is 2.62. The second-order valence-corrected chi connectivity index (χ2v) is 10.7. The van der Waals surface area contributed by atoms with Gasteiger partial charge in [0, 0.05) is 30.7 Å². The molecule has 2 heterocycles. The molecular weight excluding hydrogens is 422 g/mol. The molecule has 0 spiro atoms. The van der Waals surface area contributed by atoms with E-state index in [9.17, 15) is 18.0 Å². The van der Waals surface area contributed by atoms with E-state index < -0.39 is 10.0 Å². The minimum Gasteiger partial charge on any atom is -0.336 e. The first-order chi connectivity index (χ1) is 14.3. The van der Waals surface area contributed by atoms with Gasteiger partial charge in [-0.3, -0.25) is 9.59 Å². The Hall–Kier alpha value is -2.23. The Morgan fingerprint density at radius 3 is 2.53 bits per heavy atom. The third-order valence-electron chi connectivity index (χ3n) is 5.10. The maximum Gasteiger partial charge on any atom is 0.252 e. The van der Waals surface area contributed by atoms with Gasteiger partial charge in [-0.15, -0.1) is 11.3 Å². The van der Waals surface area contributed by atoms with Gasteiger partial charge in [-0.2, -0.15) is 4.31 Å². The lowest BCUT2D eigenvalue weighted by molar-refractivity contribution is -0.132. The first-order valence-electron chi connectivity index (χ1n) is 10.0. The highest BCUT2D eigenvalue weighted by Gasteiger charge is 2.28. The van der Waals surface area contributed by atoms with Crippen molar-refractivity contribution in [3.05, 3.63) is 46.8 Å². The highest BCUT2D eigenvalue weighted by molar-refractivity contribution is 7.91. The third kappa shape index (κ3) is 5.27. The fraction of sp³-hybridized carbons (Fsp3) is 0.429. The van der Waals surface area contributed by atoms with E-state index >= 15 is 0 Å². The molecule has 1 aliphatic heterocycles. The van der Waals surface area contributed by atoms with E-state index in [1.807, 2.05) is 31.2 Å². The molecule has 0 aliphatic carbocycles. The number of aryl methyl sites for hydroxylation is 1. The highest BCUT2D eigenvalue weighted by atomic mass is 32.2. The van der Waals surface area contributed by atoms with Crippen LogP contribution in [-0.2, 0) is 32.5 Å². The number of carbonyl (C=O) groups is 2. The lowest BCUT2D eigenvalue weighted by atomic mass is 10.1. The van der Waals surface area contributed by atoms with Gasteiger partial charge in [0.1, 0.15) is 4.21 Å². The van der Waals surface area contributed by atoms with Crippen molar-refractivity contribution >= 4 is 38.9 Å².